The van der Waals surface area contributed by atoms with E-state index in [0.29, 0.717) is 24.1 Å². The molecule has 0 saturated heterocycles. The summed E-state index contributed by atoms with van der Waals surface area (Å²) in [6.07, 6.45) is 0.719. The van der Waals surface area contributed by atoms with E-state index in [1.54, 1.807) is 22.5 Å². The summed E-state index contributed by atoms with van der Waals surface area (Å²) >= 11 is 6.22. The third kappa shape index (κ3) is 3.75. The highest BCUT2D eigenvalue weighted by Crippen LogP contribution is 2.38. The minimum absolute atomic E-state index is 0.143. The molecule has 4 nitrogen and oxygen atoms in total. The summed E-state index contributed by atoms with van der Waals surface area (Å²) in [5.74, 6) is 0.602. The molecule has 0 bridgehead atoms. The number of ether oxygens (including phenoxy) is 1. The Morgan fingerprint density at radius 1 is 1.19 bits per heavy atom. The molecule has 1 aliphatic heterocycles. The second-order valence-corrected chi connectivity index (χ2v) is 9.40. The summed E-state index contributed by atoms with van der Waals surface area (Å²) in [6, 6.07) is 12.5. The highest BCUT2D eigenvalue weighted by Gasteiger charge is 2.38. The average Bonchev–Trinajstić information content (AvgIpc) is 2.67. The molecule has 0 saturated carbocycles. The van der Waals surface area contributed by atoms with Crippen LogP contribution in [0.25, 0.3) is 0 Å². The van der Waals surface area contributed by atoms with Crippen molar-refractivity contribution in [1.82, 2.24) is 4.31 Å². The fourth-order valence-corrected chi connectivity index (χ4v) is 5.36. The molecule has 0 unspecified atom stereocenters. The number of para-hydroxylation sites is 1. The molecule has 26 heavy (non-hydrogen) atoms. The lowest BCUT2D eigenvalue weighted by Gasteiger charge is -2.29. The van der Waals surface area contributed by atoms with E-state index in [1.165, 1.54) is 0 Å². The van der Waals surface area contributed by atoms with E-state index >= 15 is 0 Å². The Balaban J connectivity index is 2.10. The molecule has 0 amide bonds. The molecule has 0 radical (unpaired) electrons. The highest BCUT2D eigenvalue weighted by atomic mass is 35.5. The number of fused-ring (bicyclic) bond motifs is 1. The van der Waals surface area contributed by atoms with Crippen molar-refractivity contribution in [2.75, 3.05) is 6.61 Å². The second-order valence-electron chi connectivity index (χ2n) is 7.14. The Morgan fingerprint density at radius 3 is 2.62 bits per heavy atom. The summed E-state index contributed by atoms with van der Waals surface area (Å²) < 4.78 is 34.4. The molecule has 6 heteroatoms. The van der Waals surface area contributed by atoms with Crippen LogP contribution < -0.4 is 4.74 Å². The quantitative estimate of drug-likeness (QED) is 0.759. The van der Waals surface area contributed by atoms with Gasteiger partial charge in [-0.15, -0.1) is 0 Å². The van der Waals surface area contributed by atoms with E-state index in [2.05, 4.69) is 13.8 Å². The largest absolute Gasteiger partial charge is 0.489 e. The maximum atomic E-state index is 13.5. The zero-order chi connectivity index (χ0) is 18.9. The Labute approximate surface area is 160 Å². The van der Waals surface area contributed by atoms with Crippen LogP contribution in [0, 0.1) is 12.8 Å². The van der Waals surface area contributed by atoms with Crippen LogP contribution in [0.1, 0.15) is 31.4 Å². The summed E-state index contributed by atoms with van der Waals surface area (Å²) in [5.41, 5.74) is 2.07. The lowest BCUT2D eigenvalue weighted by molar-refractivity contribution is 0.187. The molecule has 0 fully saturated rings. The average molecular weight is 394 g/mol. The molecule has 0 spiro atoms. The molecule has 1 heterocycles. The maximum Gasteiger partial charge on any atom is 0.247 e. The van der Waals surface area contributed by atoms with Gasteiger partial charge in [0.2, 0.25) is 10.0 Å². The van der Waals surface area contributed by atoms with Crippen LogP contribution in [0.4, 0.5) is 0 Å². The molecule has 0 aliphatic carbocycles. The Hall–Kier alpha value is -1.56. The van der Waals surface area contributed by atoms with Crippen LogP contribution in [0.5, 0.6) is 5.75 Å². The van der Waals surface area contributed by atoms with Crippen molar-refractivity contribution in [3.05, 3.63) is 58.6 Å². The minimum atomic E-state index is -3.73. The SMILES string of the molecule is Cc1ccccc1CN1[C@@H](CC(C)C)COc2c(Cl)cccc2S1(=O)=O. The first kappa shape index (κ1) is 19.2. The number of sulfonamides is 1. The number of hydrogen-bond acceptors (Lipinski definition) is 3. The first-order valence-electron chi connectivity index (χ1n) is 8.78. The lowest BCUT2D eigenvalue weighted by atomic mass is 10.0. The molecule has 1 atom stereocenters. The molecule has 2 aromatic carbocycles. The van der Waals surface area contributed by atoms with Gasteiger partial charge in [0, 0.05) is 6.54 Å². The maximum absolute atomic E-state index is 13.5. The van der Waals surface area contributed by atoms with Crippen LogP contribution in [0.3, 0.4) is 0 Å². The van der Waals surface area contributed by atoms with E-state index < -0.39 is 10.0 Å². The van der Waals surface area contributed by atoms with Gasteiger partial charge in [0.05, 0.1) is 11.1 Å². The van der Waals surface area contributed by atoms with Gasteiger partial charge in [-0.25, -0.2) is 8.42 Å². The lowest BCUT2D eigenvalue weighted by Crippen LogP contribution is -2.42. The Bertz CT molecular complexity index is 896. The van der Waals surface area contributed by atoms with Crippen molar-refractivity contribution in [3.8, 4) is 5.75 Å². The number of nitrogens with zero attached hydrogens (tertiary/aromatic N) is 1. The Kier molecular flexibility index (Phi) is 5.61. The molecule has 3 rings (SSSR count). The number of halogens is 1. The predicted molar refractivity (Wildman–Crippen MR) is 104 cm³/mol. The third-order valence-corrected chi connectivity index (χ3v) is 6.90. The van der Waals surface area contributed by atoms with E-state index in [0.717, 1.165) is 17.5 Å². The van der Waals surface area contributed by atoms with Crippen LogP contribution in [-0.4, -0.2) is 25.4 Å². The van der Waals surface area contributed by atoms with Crippen molar-refractivity contribution < 1.29 is 13.2 Å². The topological polar surface area (TPSA) is 46.6 Å². The number of aryl methyl sites for hydroxylation is 1. The fourth-order valence-electron chi connectivity index (χ4n) is 3.32. The summed E-state index contributed by atoms with van der Waals surface area (Å²) in [5, 5.41) is 0.326. The second kappa shape index (κ2) is 7.59. The molecular formula is C20H24ClNO3S. The molecule has 2 aromatic rings. The van der Waals surface area contributed by atoms with Gasteiger partial charge in [-0.1, -0.05) is 55.8 Å². The molecule has 1 aliphatic rings. The molecule has 0 aromatic heterocycles. The molecule has 140 valence electrons. The van der Waals surface area contributed by atoms with Crippen molar-refractivity contribution in [2.45, 2.75) is 44.7 Å². The van der Waals surface area contributed by atoms with Crippen LogP contribution >= 0.6 is 11.6 Å². The third-order valence-electron chi connectivity index (χ3n) is 4.68. The van der Waals surface area contributed by atoms with Gasteiger partial charge in [0.1, 0.15) is 11.5 Å². The van der Waals surface area contributed by atoms with E-state index in [1.807, 2.05) is 31.2 Å². The van der Waals surface area contributed by atoms with Crippen molar-refractivity contribution in [1.29, 1.82) is 0 Å². The Morgan fingerprint density at radius 2 is 1.92 bits per heavy atom. The van der Waals surface area contributed by atoms with Gasteiger partial charge >= 0.3 is 0 Å². The van der Waals surface area contributed by atoms with E-state index in [4.69, 9.17) is 16.3 Å². The van der Waals surface area contributed by atoms with Gasteiger partial charge in [-0.3, -0.25) is 0 Å². The standard InChI is InChI=1S/C20H24ClNO3S/c1-14(2)11-17-13-25-20-18(21)9-6-10-19(20)26(23,24)22(17)12-16-8-5-4-7-15(16)3/h4-10,14,17H,11-13H2,1-3H3/t17-/m0/s1. The first-order chi connectivity index (χ1) is 12.3. The van der Waals surface area contributed by atoms with E-state index in [-0.39, 0.29) is 16.7 Å². The van der Waals surface area contributed by atoms with Crippen molar-refractivity contribution >= 4 is 21.6 Å². The first-order valence-corrected chi connectivity index (χ1v) is 10.6. The van der Waals surface area contributed by atoms with Gasteiger partial charge in [0.25, 0.3) is 0 Å². The van der Waals surface area contributed by atoms with Crippen molar-refractivity contribution in [2.24, 2.45) is 5.92 Å². The van der Waals surface area contributed by atoms with Gasteiger partial charge < -0.3 is 4.74 Å². The summed E-state index contributed by atoms with van der Waals surface area (Å²) in [7, 11) is -3.73. The monoisotopic (exact) mass is 393 g/mol. The van der Waals surface area contributed by atoms with Crippen molar-refractivity contribution in [3.63, 3.8) is 0 Å². The fraction of sp³-hybridized carbons (Fsp3) is 0.400. The van der Waals surface area contributed by atoms with Gasteiger partial charge in [-0.2, -0.15) is 4.31 Å². The highest BCUT2D eigenvalue weighted by molar-refractivity contribution is 7.89. The minimum Gasteiger partial charge on any atom is -0.489 e. The smallest absolute Gasteiger partial charge is 0.247 e. The van der Waals surface area contributed by atoms with E-state index in [9.17, 15) is 8.42 Å². The summed E-state index contributed by atoms with van der Waals surface area (Å²) in [6.45, 7) is 6.79. The zero-order valence-corrected chi connectivity index (χ0v) is 16.8. The van der Waals surface area contributed by atoms with Crippen LogP contribution in [0.2, 0.25) is 5.02 Å². The number of benzene rings is 2. The molecular weight excluding hydrogens is 370 g/mol. The summed E-state index contributed by atoms with van der Waals surface area (Å²) in [4.78, 5) is 0.143. The molecule has 0 N–H and O–H groups in total. The predicted octanol–water partition coefficient (Wildman–Crippen LogP) is 4.65. The normalized spacial score (nSPS) is 19.7. The van der Waals surface area contributed by atoms with Crippen LogP contribution in [-0.2, 0) is 16.6 Å². The number of rotatable bonds is 4. The van der Waals surface area contributed by atoms with Crippen LogP contribution in [0.15, 0.2) is 47.4 Å². The zero-order valence-electron chi connectivity index (χ0n) is 15.3. The number of hydrogen-bond donors (Lipinski definition) is 0. The van der Waals surface area contributed by atoms with Gasteiger partial charge in [-0.05, 0) is 42.5 Å². The van der Waals surface area contributed by atoms with Gasteiger partial charge in [0.15, 0.2) is 5.75 Å².